The van der Waals surface area contributed by atoms with Crippen molar-refractivity contribution in [1.29, 1.82) is 0 Å². The van der Waals surface area contributed by atoms with Crippen molar-refractivity contribution in [3.63, 3.8) is 0 Å². The van der Waals surface area contributed by atoms with Crippen molar-refractivity contribution in [1.82, 2.24) is 14.8 Å². The van der Waals surface area contributed by atoms with Gasteiger partial charge in [0.1, 0.15) is 6.33 Å². The van der Waals surface area contributed by atoms with Gasteiger partial charge in [-0.2, -0.15) is 0 Å². The number of carbonyl (C=O) groups excluding carboxylic acids is 2. The van der Waals surface area contributed by atoms with Gasteiger partial charge in [-0.05, 0) is 53.3 Å². The molecule has 4 rings (SSSR count). The molecule has 2 aromatic carbocycles. The molecule has 2 aromatic heterocycles. The highest BCUT2D eigenvalue weighted by atomic mass is 32.2. The average molecular weight is 478 g/mol. The summed E-state index contributed by atoms with van der Waals surface area (Å²) in [5.74, 6) is 0.283. The second-order valence-corrected chi connectivity index (χ2v) is 9.47. The van der Waals surface area contributed by atoms with Gasteiger partial charge in [-0.25, -0.2) is 0 Å². The summed E-state index contributed by atoms with van der Waals surface area (Å²) in [6.07, 6.45) is 1.64. The third-order valence-corrected chi connectivity index (χ3v) is 6.65. The monoisotopic (exact) mass is 477 g/mol. The number of nitrogens with zero attached hydrogens (tertiary/aromatic N) is 3. The molecule has 7 nitrogen and oxygen atoms in total. The summed E-state index contributed by atoms with van der Waals surface area (Å²) >= 11 is 2.68. The molecule has 0 spiro atoms. The van der Waals surface area contributed by atoms with Crippen LogP contribution in [-0.2, 0) is 4.79 Å². The number of nitrogens with one attached hydrogen (secondary N) is 2. The van der Waals surface area contributed by atoms with E-state index < -0.39 is 0 Å². The van der Waals surface area contributed by atoms with Crippen molar-refractivity contribution in [3.8, 4) is 5.69 Å². The first-order valence-corrected chi connectivity index (χ1v) is 12.2. The summed E-state index contributed by atoms with van der Waals surface area (Å²) in [6, 6.07) is 18.9. The number of thiophene rings is 1. The summed E-state index contributed by atoms with van der Waals surface area (Å²) in [5.41, 5.74) is 3.43. The lowest BCUT2D eigenvalue weighted by atomic mass is 10.0. The minimum atomic E-state index is -0.176. The van der Waals surface area contributed by atoms with E-state index in [-0.39, 0.29) is 17.6 Å². The Bertz CT molecular complexity index is 1230. The van der Waals surface area contributed by atoms with Gasteiger partial charge in [-0.1, -0.05) is 49.9 Å². The quantitative estimate of drug-likeness (QED) is 0.330. The van der Waals surface area contributed by atoms with Crippen molar-refractivity contribution in [2.75, 3.05) is 16.4 Å². The molecule has 0 radical (unpaired) electrons. The van der Waals surface area contributed by atoms with E-state index in [4.69, 9.17) is 0 Å². The van der Waals surface area contributed by atoms with Crippen LogP contribution in [0.5, 0.6) is 0 Å². The van der Waals surface area contributed by atoms with Crippen LogP contribution in [0.15, 0.2) is 77.5 Å². The first-order chi connectivity index (χ1) is 16.0. The fourth-order valence-electron chi connectivity index (χ4n) is 3.12. The van der Waals surface area contributed by atoms with Gasteiger partial charge in [-0.15, -0.1) is 21.5 Å². The maximum Gasteiger partial charge on any atom is 0.265 e. The van der Waals surface area contributed by atoms with E-state index in [0.29, 0.717) is 27.3 Å². The normalized spacial score (nSPS) is 10.9. The second kappa shape index (κ2) is 10.5. The molecule has 168 valence electrons. The number of thioether (sulfide) groups is 1. The molecule has 0 saturated carbocycles. The molecule has 2 N–H and O–H groups in total. The summed E-state index contributed by atoms with van der Waals surface area (Å²) in [6.45, 7) is 4.31. The molecule has 0 saturated heterocycles. The van der Waals surface area contributed by atoms with Crippen LogP contribution in [-0.4, -0.2) is 32.3 Å². The summed E-state index contributed by atoms with van der Waals surface area (Å²) in [7, 11) is 0. The molecular weight excluding hydrogens is 454 g/mol. The van der Waals surface area contributed by atoms with Crippen LogP contribution in [0.25, 0.3) is 5.69 Å². The Labute approximate surface area is 200 Å². The molecule has 2 heterocycles. The number of rotatable bonds is 8. The lowest BCUT2D eigenvalue weighted by molar-refractivity contribution is -0.113. The Morgan fingerprint density at radius 3 is 2.48 bits per heavy atom. The molecule has 4 aromatic rings. The predicted octanol–water partition coefficient (Wildman–Crippen LogP) is 5.44. The number of benzene rings is 2. The fourth-order valence-corrected chi connectivity index (χ4v) is 4.47. The largest absolute Gasteiger partial charge is 0.325 e. The van der Waals surface area contributed by atoms with Crippen molar-refractivity contribution in [2.24, 2.45) is 0 Å². The number of aromatic nitrogens is 3. The lowest BCUT2D eigenvalue weighted by Crippen LogP contribution is -2.15. The van der Waals surface area contributed by atoms with Gasteiger partial charge in [0.2, 0.25) is 5.91 Å². The minimum Gasteiger partial charge on any atom is -0.325 e. The number of carbonyl (C=O) groups is 2. The van der Waals surface area contributed by atoms with E-state index in [1.54, 1.807) is 36.7 Å². The summed E-state index contributed by atoms with van der Waals surface area (Å²) < 4.78 is 1.86. The first-order valence-electron chi connectivity index (χ1n) is 10.4. The smallest absolute Gasteiger partial charge is 0.265 e. The van der Waals surface area contributed by atoms with Crippen molar-refractivity contribution < 1.29 is 9.59 Å². The average Bonchev–Trinajstić information content (AvgIpc) is 3.50. The molecule has 33 heavy (non-hydrogen) atoms. The van der Waals surface area contributed by atoms with Crippen LogP contribution in [0, 0.1) is 0 Å². The van der Waals surface area contributed by atoms with Gasteiger partial charge in [0.15, 0.2) is 5.16 Å². The SMILES string of the molecule is CC(C)c1ccc(-n2cnnc2SCC(=O)Nc2cccc(NC(=O)c3cccs3)c2)cc1. The Morgan fingerprint density at radius 2 is 1.79 bits per heavy atom. The molecule has 0 atom stereocenters. The molecule has 0 bridgehead atoms. The highest BCUT2D eigenvalue weighted by Gasteiger charge is 2.12. The van der Waals surface area contributed by atoms with Crippen molar-refractivity contribution >= 4 is 46.3 Å². The Morgan fingerprint density at radius 1 is 1.03 bits per heavy atom. The number of anilines is 2. The lowest BCUT2D eigenvalue weighted by Gasteiger charge is -2.10. The van der Waals surface area contributed by atoms with Gasteiger partial charge < -0.3 is 10.6 Å². The zero-order valence-corrected chi connectivity index (χ0v) is 19.8. The van der Waals surface area contributed by atoms with Crippen molar-refractivity contribution in [2.45, 2.75) is 24.9 Å². The number of hydrogen-bond acceptors (Lipinski definition) is 6. The molecule has 0 aliphatic heterocycles. The van der Waals surface area contributed by atoms with Crippen LogP contribution < -0.4 is 10.6 Å². The van der Waals surface area contributed by atoms with E-state index in [2.05, 4.69) is 46.8 Å². The van der Waals surface area contributed by atoms with Gasteiger partial charge >= 0.3 is 0 Å². The highest BCUT2D eigenvalue weighted by molar-refractivity contribution is 7.99. The predicted molar refractivity (Wildman–Crippen MR) is 134 cm³/mol. The molecule has 9 heteroatoms. The van der Waals surface area contributed by atoms with E-state index in [0.717, 1.165) is 5.69 Å². The fraction of sp³-hybridized carbons (Fsp3) is 0.167. The number of hydrogen-bond donors (Lipinski definition) is 2. The third kappa shape index (κ3) is 5.88. The number of amides is 2. The summed E-state index contributed by atoms with van der Waals surface area (Å²) in [5, 5.41) is 16.3. The van der Waals surface area contributed by atoms with E-state index in [1.807, 2.05) is 28.1 Å². The first kappa shape index (κ1) is 22.8. The molecule has 2 amide bonds. The molecule has 0 aliphatic carbocycles. The Balaban J connectivity index is 1.35. The maximum atomic E-state index is 12.5. The Hall–Kier alpha value is -3.43. The third-order valence-electron chi connectivity index (χ3n) is 4.84. The topological polar surface area (TPSA) is 88.9 Å². The standard InChI is InChI=1S/C24H23N5O2S2/c1-16(2)17-8-10-20(11-9-17)29-15-25-28-24(29)33-14-22(30)26-18-5-3-6-19(13-18)27-23(31)21-7-4-12-32-21/h3-13,15-16H,14H2,1-2H3,(H,26,30)(H,27,31). The second-order valence-electron chi connectivity index (χ2n) is 7.58. The van der Waals surface area contributed by atoms with E-state index in [1.165, 1.54) is 28.7 Å². The molecule has 0 unspecified atom stereocenters. The minimum absolute atomic E-state index is 0.175. The maximum absolute atomic E-state index is 12.5. The molecule has 0 fully saturated rings. The molecule has 0 aliphatic rings. The molecular formula is C24H23N5O2S2. The zero-order chi connectivity index (χ0) is 23.2. The Kier molecular flexibility index (Phi) is 7.21. The van der Waals surface area contributed by atoms with Gasteiger partial charge in [0.25, 0.3) is 5.91 Å². The van der Waals surface area contributed by atoms with Crippen molar-refractivity contribution in [3.05, 3.63) is 82.8 Å². The van der Waals surface area contributed by atoms with Crippen LogP contribution in [0.3, 0.4) is 0 Å². The van der Waals surface area contributed by atoms with Gasteiger partial charge in [0.05, 0.1) is 10.6 Å². The van der Waals surface area contributed by atoms with E-state index in [9.17, 15) is 9.59 Å². The van der Waals surface area contributed by atoms with Crippen LogP contribution in [0.4, 0.5) is 11.4 Å². The van der Waals surface area contributed by atoms with Crippen LogP contribution >= 0.6 is 23.1 Å². The summed E-state index contributed by atoms with van der Waals surface area (Å²) in [4.78, 5) is 25.4. The van der Waals surface area contributed by atoms with Crippen LogP contribution in [0.1, 0.15) is 35.0 Å². The zero-order valence-electron chi connectivity index (χ0n) is 18.2. The van der Waals surface area contributed by atoms with Crippen LogP contribution in [0.2, 0.25) is 0 Å². The van der Waals surface area contributed by atoms with E-state index >= 15 is 0 Å². The van der Waals surface area contributed by atoms with Gasteiger partial charge in [0, 0.05) is 17.1 Å². The highest BCUT2D eigenvalue weighted by Crippen LogP contribution is 2.23. The van der Waals surface area contributed by atoms with Gasteiger partial charge in [-0.3, -0.25) is 14.2 Å².